The van der Waals surface area contributed by atoms with Gasteiger partial charge in [0.25, 0.3) is 5.69 Å². The lowest BCUT2D eigenvalue weighted by atomic mass is 9.92. The van der Waals surface area contributed by atoms with Gasteiger partial charge in [0, 0.05) is 25.3 Å². The van der Waals surface area contributed by atoms with Crippen molar-refractivity contribution < 1.29 is 19.6 Å². The molecule has 0 radical (unpaired) electrons. The van der Waals surface area contributed by atoms with E-state index in [4.69, 9.17) is 5.11 Å². The molecule has 3 N–H and O–H groups in total. The van der Waals surface area contributed by atoms with Crippen LogP contribution in [0.2, 0.25) is 0 Å². The Morgan fingerprint density at radius 2 is 2.00 bits per heavy atom. The van der Waals surface area contributed by atoms with Crippen molar-refractivity contribution in [1.29, 1.82) is 0 Å². The van der Waals surface area contributed by atoms with Crippen LogP contribution in [0.25, 0.3) is 0 Å². The fourth-order valence-electron chi connectivity index (χ4n) is 1.72. The number of hydrogen-bond acceptors (Lipinski definition) is 5. The summed E-state index contributed by atoms with van der Waals surface area (Å²) in [5.74, 6) is -1.54. The smallest absolute Gasteiger partial charge is 0.342 e. The number of nitrogens with one attached hydrogen (secondary N) is 2. The van der Waals surface area contributed by atoms with Crippen LogP contribution in [-0.2, 0) is 4.79 Å². The summed E-state index contributed by atoms with van der Waals surface area (Å²) in [5, 5.41) is 25.2. The highest BCUT2D eigenvalue weighted by Gasteiger charge is 2.27. The number of rotatable bonds is 6. The molecule has 0 spiro atoms. The number of carboxylic acids is 1. The predicted octanol–water partition coefficient (Wildman–Crippen LogP) is 1.48. The van der Waals surface area contributed by atoms with Crippen LogP contribution in [0.5, 0.6) is 0 Å². The highest BCUT2D eigenvalue weighted by Crippen LogP contribution is 2.24. The molecule has 0 saturated heterocycles. The summed E-state index contributed by atoms with van der Waals surface area (Å²) in [7, 11) is 1.52. The number of carbonyl (C=O) groups is 2. The number of nitro benzene ring substituents is 1. The maximum absolute atomic E-state index is 11.6. The van der Waals surface area contributed by atoms with Crippen LogP contribution in [0, 0.1) is 15.5 Å². The van der Waals surface area contributed by atoms with E-state index in [-0.39, 0.29) is 18.0 Å². The minimum absolute atomic E-state index is 0.174. The van der Waals surface area contributed by atoms with Crippen LogP contribution in [0.3, 0.4) is 0 Å². The predicted molar refractivity (Wildman–Crippen MR) is 76.4 cm³/mol. The zero-order valence-electron chi connectivity index (χ0n) is 12.0. The molecule has 0 unspecified atom stereocenters. The number of carbonyl (C=O) groups excluding carboxylic acids is 1. The fraction of sp³-hybridized carbons (Fsp3) is 0.385. The van der Waals surface area contributed by atoms with E-state index in [0.29, 0.717) is 5.69 Å². The lowest BCUT2D eigenvalue weighted by molar-refractivity contribution is -0.385. The zero-order chi connectivity index (χ0) is 16.2. The lowest BCUT2D eigenvalue weighted by Crippen LogP contribution is -2.39. The van der Waals surface area contributed by atoms with Gasteiger partial charge in [0.05, 0.1) is 10.3 Å². The Labute approximate surface area is 121 Å². The van der Waals surface area contributed by atoms with Crippen LogP contribution in [0.1, 0.15) is 24.2 Å². The highest BCUT2D eigenvalue weighted by molar-refractivity contribution is 5.93. The third-order valence-electron chi connectivity index (χ3n) is 3.00. The van der Waals surface area contributed by atoms with Gasteiger partial charge in [-0.15, -0.1) is 0 Å². The molecule has 114 valence electrons. The van der Waals surface area contributed by atoms with Gasteiger partial charge >= 0.3 is 5.97 Å². The second-order valence-electron chi connectivity index (χ2n) is 5.11. The first-order valence-electron chi connectivity index (χ1n) is 6.17. The van der Waals surface area contributed by atoms with E-state index in [2.05, 4.69) is 10.6 Å². The van der Waals surface area contributed by atoms with Gasteiger partial charge in [0.1, 0.15) is 5.56 Å². The zero-order valence-corrected chi connectivity index (χ0v) is 12.0. The van der Waals surface area contributed by atoms with E-state index in [0.717, 1.165) is 12.1 Å². The van der Waals surface area contributed by atoms with E-state index in [9.17, 15) is 19.7 Å². The minimum atomic E-state index is -1.36. The normalized spacial score (nSPS) is 10.8. The van der Waals surface area contributed by atoms with Gasteiger partial charge < -0.3 is 15.7 Å². The number of amides is 1. The van der Waals surface area contributed by atoms with Gasteiger partial charge in [0.15, 0.2) is 0 Å². The van der Waals surface area contributed by atoms with Crippen molar-refractivity contribution in [3.63, 3.8) is 0 Å². The Morgan fingerprint density at radius 3 is 2.48 bits per heavy atom. The Kier molecular flexibility index (Phi) is 4.85. The van der Waals surface area contributed by atoms with Crippen molar-refractivity contribution in [2.45, 2.75) is 13.8 Å². The van der Waals surface area contributed by atoms with E-state index in [1.54, 1.807) is 13.8 Å². The molecule has 8 nitrogen and oxygen atoms in total. The first kappa shape index (κ1) is 16.4. The number of hydrogen-bond donors (Lipinski definition) is 3. The van der Waals surface area contributed by atoms with Gasteiger partial charge in [-0.1, -0.05) is 0 Å². The molecule has 8 heteroatoms. The van der Waals surface area contributed by atoms with Gasteiger partial charge in [0.2, 0.25) is 5.91 Å². The lowest BCUT2D eigenvalue weighted by Gasteiger charge is -2.23. The third-order valence-corrected chi connectivity index (χ3v) is 3.00. The topological polar surface area (TPSA) is 122 Å². The van der Waals surface area contributed by atoms with Crippen LogP contribution in [0.15, 0.2) is 18.2 Å². The Hall–Kier alpha value is -2.64. The monoisotopic (exact) mass is 295 g/mol. The summed E-state index contributed by atoms with van der Waals surface area (Å²) < 4.78 is 0. The third kappa shape index (κ3) is 3.91. The molecule has 0 aliphatic heterocycles. The summed E-state index contributed by atoms with van der Waals surface area (Å²) >= 11 is 0. The highest BCUT2D eigenvalue weighted by atomic mass is 16.6. The second kappa shape index (κ2) is 6.21. The average molecular weight is 295 g/mol. The van der Waals surface area contributed by atoms with Crippen molar-refractivity contribution in [3.8, 4) is 0 Å². The molecular formula is C13H17N3O5. The van der Waals surface area contributed by atoms with E-state index >= 15 is 0 Å². The van der Waals surface area contributed by atoms with Crippen molar-refractivity contribution in [3.05, 3.63) is 33.9 Å². The number of carboxylic acid groups (broad SMARTS) is 1. The number of nitrogens with zero attached hydrogens (tertiary/aromatic N) is 1. The van der Waals surface area contributed by atoms with Crippen LogP contribution in [-0.4, -0.2) is 35.5 Å². The van der Waals surface area contributed by atoms with Gasteiger partial charge in [-0.3, -0.25) is 14.9 Å². The summed E-state index contributed by atoms with van der Waals surface area (Å²) in [5.41, 5.74) is -1.21. The van der Waals surface area contributed by atoms with Crippen LogP contribution < -0.4 is 10.6 Å². The molecular weight excluding hydrogens is 278 g/mol. The van der Waals surface area contributed by atoms with Crippen LogP contribution >= 0.6 is 0 Å². The van der Waals surface area contributed by atoms with Gasteiger partial charge in [-0.25, -0.2) is 4.79 Å². The Balaban J connectivity index is 2.96. The molecule has 1 amide bonds. The fourth-order valence-corrected chi connectivity index (χ4v) is 1.72. The number of aromatic carboxylic acids is 1. The SMILES string of the molecule is CNC(=O)C(C)(C)CNc1ccc(C(=O)O)c([N+](=O)[O-])c1. The van der Waals surface area contributed by atoms with Crippen molar-refractivity contribution in [1.82, 2.24) is 5.32 Å². The van der Waals surface area contributed by atoms with E-state index in [1.165, 1.54) is 13.1 Å². The molecule has 0 aromatic heterocycles. The molecule has 1 aromatic carbocycles. The second-order valence-corrected chi connectivity index (χ2v) is 5.11. The maximum atomic E-state index is 11.6. The summed E-state index contributed by atoms with van der Waals surface area (Å²) in [4.78, 5) is 32.7. The molecule has 1 rings (SSSR count). The van der Waals surface area contributed by atoms with E-state index < -0.39 is 22.0 Å². The average Bonchev–Trinajstić information content (AvgIpc) is 2.43. The number of benzene rings is 1. The summed E-state index contributed by atoms with van der Waals surface area (Å²) in [6.45, 7) is 3.69. The largest absolute Gasteiger partial charge is 0.477 e. The molecule has 0 heterocycles. The van der Waals surface area contributed by atoms with Crippen LogP contribution in [0.4, 0.5) is 11.4 Å². The Bertz CT molecular complexity index is 583. The molecule has 1 aromatic rings. The van der Waals surface area contributed by atoms with E-state index in [1.807, 2.05) is 0 Å². The standard InChI is InChI=1S/C13H17N3O5/c1-13(2,12(19)14-3)7-15-8-4-5-9(11(17)18)10(6-8)16(20)21/h4-6,15H,7H2,1-3H3,(H,14,19)(H,17,18). The molecule has 0 aliphatic carbocycles. The summed E-state index contributed by atoms with van der Waals surface area (Å²) in [6, 6.07) is 3.73. The van der Waals surface area contributed by atoms with Crippen molar-refractivity contribution in [2.75, 3.05) is 18.9 Å². The van der Waals surface area contributed by atoms with Crippen molar-refractivity contribution >= 4 is 23.3 Å². The molecule has 21 heavy (non-hydrogen) atoms. The summed E-state index contributed by atoms with van der Waals surface area (Å²) in [6.07, 6.45) is 0. The van der Waals surface area contributed by atoms with Gasteiger partial charge in [-0.2, -0.15) is 0 Å². The number of anilines is 1. The first-order chi connectivity index (χ1) is 9.69. The number of nitro groups is 1. The molecule has 0 bridgehead atoms. The quantitative estimate of drug-likeness (QED) is 0.539. The molecule has 0 fully saturated rings. The van der Waals surface area contributed by atoms with Crippen molar-refractivity contribution in [2.24, 2.45) is 5.41 Å². The van der Waals surface area contributed by atoms with Gasteiger partial charge in [-0.05, 0) is 26.0 Å². The minimum Gasteiger partial charge on any atom is -0.477 e. The first-order valence-corrected chi connectivity index (χ1v) is 6.17. The molecule has 0 saturated carbocycles. The maximum Gasteiger partial charge on any atom is 0.342 e. The molecule has 0 atom stereocenters. The Morgan fingerprint density at radius 1 is 1.38 bits per heavy atom. The molecule has 0 aliphatic rings.